The second-order valence-corrected chi connectivity index (χ2v) is 7.37. The predicted octanol–water partition coefficient (Wildman–Crippen LogP) is 1.50. The van der Waals surface area contributed by atoms with E-state index in [4.69, 9.17) is 9.84 Å². The van der Waals surface area contributed by atoms with Crippen molar-refractivity contribution in [1.29, 1.82) is 0 Å². The number of fused-ring (bicyclic) bond motifs is 1. The summed E-state index contributed by atoms with van der Waals surface area (Å²) in [5.41, 5.74) is 1.09. The van der Waals surface area contributed by atoms with E-state index in [0.29, 0.717) is 18.8 Å². The van der Waals surface area contributed by atoms with Crippen molar-refractivity contribution >= 4 is 5.97 Å². The molecule has 1 unspecified atom stereocenters. The van der Waals surface area contributed by atoms with E-state index in [2.05, 4.69) is 19.1 Å². The highest BCUT2D eigenvalue weighted by atomic mass is 16.5. The third-order valence-corrected chi connectivity index (χ3v) is 5.46. The van der Waals surface area contributed by atoms with Gasteiger partial charge in [0.1, 0.15) is 0 Å². The summed E-state index contributed by atoms with van der Waals surface area (Å²) >= 11 is 0. The molecule has 0 heterocycles. The highest BCUT2D eigenvalue weighted by Crippen LogP contribution is 2.43. The Labute approximate surface area is 148 Å². The fourth-order valence-corrected chi connectivity index (χ4v) is 4.21. The van der Waals surface area contributed by atoms with Crippen molar-refractivity contribution in [2.24, 2.45) is 17.8 Å². The SMILES string of the molecule is CO[C@H]1C[C@@H](O)C=C2C=C[C@H](C)[C@H](CC[C@@H](O)C[C@@H](O)CC(=O)O)C21. The van der Waals surface area contributed by atoms with Gasteiger partial charge in [0.05, 0.1) is 30.8 Å². The molecule has 0 radical (unpaired) electrons. The molecule has 0 aromatic rings. The Morgan fingerprint density at radius 2 is 2.08 bits per heavy atom. The molecule has 4 N–H and O–H groups in total. The average Bonchev–Trinajstić information content (AvgIpc) is 2.52. The molecule has 0 aromatic heterocycles. The minimum Gasteiger partial charge on any atom is -0.481 e. The van der Waals surface area contributed by atoms with Crippen molar-refractivity contribution in [2.45, 2.75) is 63.4 Å². The molecule has 6 heteroatoms. The number of carbonyl (C=O) groups is 1. The number of carboxylic acid groups (broad SMARTS) is 1. The molecular formula is C19H30O6. The first kappa shape index (κ1) is 20.1. The number of hydrogen-bond donors (Lipinski definition) is 4. The van der Waals surface area contributed by atoms with Crippen molar-refractivity contribution in [3.05, 3.63) is 23.8 Å². The third kappa shape index (κ3) is 5.38. The highest BCUT2D eigenvalue weighted by Gasteiger charge is 2.40. The lowest BCUT2D eigenvalue weighted by Gasteiger charge is -2.42. The first-order valence-corrected chi connectivity index (χ1v) is 9.00. The first-order valence-electron chi connectivity index (χ1n) is 9.00. The molecule has 0 bridgehead atoms. The molecule has 2 rings (SSSR count). The Balaban J connectivity index is 1.98. The summed E-state index contributed by atoms with van der Waals surface area (Å²) < 4.78 is 5.62. The van der Waals surface area contributed by atoms with E-state index in [1.807, 2.05) is 6.08 Å². The fourth-order valence-electron chi connectivity index (χ4n) is 4.21. The fraction of sp³-hybridized carbons (Fsp3) is 0.737. The van der Waals surface area contributed by atoms with Crippen molar-refractivity contribution < 1.29 is 30.0 Å². The van der Waals surface area contributed by atoms with Gasteiger partial charge in [0.25, 0.3) is 0 Å². The topological polar surface area (TPSA) is 107 Å². The summed E-state index contributed by atoms with van der Waals surface area (Å²) in [5.74, 6) is -0.278. The van der Waals surface area contributed by atoms with Crippen molar-refractivity contribution in [1.82, 2.24) is 0 Å². The van der Waals surface area contributed by atoms with Gasteiger partial charge in [-0.05, 0) is 36.7 Å². The number of methoxy groups -OCH3 is 1. The average molecular weight is 354 g/mol. The summed E-state index contributed by atoms with van der Waals surface area (Å²) in [6, 6.07) is 0. The van der Waals surface area contributed by atoms with Crippen molar-refractivity contribution in [3.63, 3.8) is 0 Å². The van der Waals surface area contributed by atoms with Crippen LogP contribution in [-0.2, 0) is 9.53 Å². The Morgan fingerprint density at radius 1 is 1.36 bits per heavy atom. The second-order valence-electron chi connectivity index (χ2n) is 7.37. The third-order valence-electron chi connectivity index (χ3n) is 5.46. The molecule has 0 spiro atoms. The number of aliphatic hydroxyl groups excluding tert-OH is 3. The highest BCUT2D eigenvalue weighted by molar-refractivity contribution is 5.67. The summed E-state index contributed by atoms with van der Waals surface area (Å²) in [4.78, 5) is 10.6. The van der Waals surface area contributed by atoms with Gasteiger partial charge in [-0.3, -0.25) is 4.79 Å². The van der Waals surface area contributed by atoms with E-state index in [-0.39, 0.29) is 30.8 Å². The zero-order chi connectivity index (χ0) is 18.6. The lowest BCUT2D eigenvalue weighted by atomic mass is 9.66. The smallest absolute Gasteiger partial charge is 0.305 e. The van der Waals surface area contributed by atoms with E-state index < -0.39 is 24.3 Å². The number of ether oxygens (including phenoxy) is 1. The van der Waals surface area contributed by atoms with Crippen LogP contribution in [0.4, 0.5) is 0 Å². The number of rotatable bonds is 8. The maximum absolute atomic E-state index is 10.6. The van der Waals surface area contributed by atoms with Crippen LogP contribution in [0.15, 0.2) is 23.8 Å². The van der Waals surface area contributed by atoms with Gasteiger partial charge >= 0.3 is 5.97 Å². The normalized spacial score (nSPS) is 34.1. The van der Waals surface area contributed by atoms with Crippen molar-refractivity contribution in [3.8, 4) is 0 Å². The van der Waals surface area contributed by atoms with Crippen LogP contribution in [0.25, 0.3) is 0 Å². The molecule has 0 fully saturated rings. The van der Waals surface area contributed by atoms with E-state index in [9.17, 15) is 20.1 Å². The molecule has 2 aliphatic carbocycles. The van der Waals surface area contributed by atoms with Crippen LogP contribution >= 0.6 is 0 Å². The maximum atomic E-state index is 10.6. The van der Waals surface area contributed by atoms with E-state index in [0.717, 1.165) is 12.0 Å². The minimum atomic E-state index is -1.07. The molecule has 0 aliphatic heterocycles. The Kier molecular flexibility index (Phi) is 7.19. The van der Waals surface area contributed by atoms with Gasteiger partial charge in [-0.15, -0.1) is 0 Å². The van der Waals surface area contributed by atoms with Gasteiger partial charge in [-0.2, -0.15) is 0 Å². The standard InChI is InChI=1S/C19H30O6/c1-11-3-4-12-7-14(21)9-17(25-2)19(12)16(11)6-5-13(20)8-15(22)10-18(23)24/h3-4,7,11,13-17,19-22H,5-6,8-10H2,1-2H3,(H,23,24)/t11-,13+,14-,15+,16-,17-,19?/m0/s1. The van der Waals surface area contributed by atoms with E-state index >= 15 is 0 Å². The quantitative estimate of drug-likeness (QED) is 0.526. The molecule has 7 atom stereocenters. The minimum absolute atomic E-state index is 0.0536. The molecule has 0 saturated carbocycles. The summed E-state index contributed by atoms with van der Waals surface area (Å²) in [7, 11) is 1.66. The van der Waals surface area contributed by atoms with Crippen LogP contribution in [0, 0.1) is 17.8 Å². The maximum Gasteiger partial charge on any atom is 0.305 e. The van der Waals surface area contributed by atoms with E-state index in [1.54, 1.807) is 7.11 Å². The zero-order valence-electron chi connectivity index (χ0n) is 14.9. The second kappa shape index (κ2) is 8.94. The predicted molar refractivity (Wildman–Crippen MR) is 92.9 cm³/mol. The van der Waals surface area contributed by atoms with Gasteiger partial charge in [-0.25, -0.2) is 0 Å². The van der Waals surface area contributed by atoms with Crippen LogP contribution in [0.2, 0.25) is 0 Å². The van der Waals surface area contributed by atoms with Crippen LogP contribution < -0.4 is 0 Å². The zero-order valence-corrected chi connectivity index (χ0v) is 14.9. The van der Waals surface area contributed by atoms with Crippen LogP contribution in [0.3, 0.4) is 0 Å². The Hall–Kier alpha value is -1.21. The molecule has 0 saturated heterocycles. The number of aliphatic carboxylic acids is 1. The Bertz CT molecular complexity index is 514. The van der Waals surface area contributed by atoms with Crippen LogP contribution in [0.5, 0.6) is 0 Å². The van der Waals surface area contributed by atoms with Crippen LogP contribution in [-0.4, -0.2) is 57.9 Å². The Morgan fingerprint density at radius 3 is 2.72 bits per heavy atom. The van der Waals surface area contributed by atoms with Crippen molar-refractivity contribution in [2.75, 3.05) is 7.11 Å². The molecule has 2 aliphatic rings. The number of hydrogen-bond acceptors (Lipinski definition) is 5. The molecule has 0 aromatic carbocycles. The monoisotopic (exact) mass is 354 g/mol. The molecule has 6 nitrogen and oxygen atoms in total. The lowest BCUT2D eigenvalue weighted by Crippen LogP contribution is -2.41. The summed E-state index contributed by atoms with van der Waals surface area (Å²) in [5, 5.41) is 38.5. The summed E-state index contributed by atoms with van der Waals surface area (Å²) in [6.07, 6.45) is 5.34. The van der Waals surface area contributed by atoms with Gasteiger partial charge < -0.3 is 25.2 Å². The summed E-state index contributed by atoms with van der Waals surface area (Å²) in [6.45, 7) is 2.14. The molecule has 142 valence electrons. The number of aliphatic hydroxyl groups is 3. The molecular weight excluding hydrogens is 324 g/mol. The number of allylic oxidation sites excluding steroid dienone is 2. The first-order chi connectivity index (χ1) is 11.8. The van der Waals surface area contributed by atoms with Gasteiger partial charge in [0.2, 0.25) is 0 Å². The molecule has 25 heavy (non-hydrogen) atoms. The van der Waals surface area contributed by atoms with Gasteiger partial charge in [-0.1, -0.05) is 25.2 Å². The van der Waals surface area contributed by atoms with Gasteiger partial charge in [0, 0.05) is 19.4 Å². The molecule has 0 amide bonds. The lowest BCUT2D eigenvalue weighted by molar-refractivity contribution is -0.139. The van der Waals surface area contributed by atoms with Gasteiger partial charge in [0.15, 0.2) is 0 Å². The largest absolute Gasteiger partial charge is 0.481 e. The van der Waals surface area contributed by atoms with Crippen LogP contribution in [0.1, 0.15) is 39.0 Å². The number of carboxylic acids is 1. The van der Waals surface area contributed by atoms with E-state index in [1.165, 1.54) is 0 Å².